The van der Waals surface area contributed by atoms with Crippen molar-refractivity contribution in [3.63, 3.8) is 0 Å². The topological polar surface area (TPSA) is 43.9 Å². The zero-order chi connectivity index (χ0) is 26.9. The van der Waals surface area contributed by atoms with Crippen LogP contribution in [0.25, 0.3) is 0 Å². The number of likely N-dealkylation sites (tertiary alicyclic amines) is 1. The van der Waals surface area contributed by atoms with E-state index >= 15 is 0 Å². The van der Waals surface area contributed by atoms with Crippen LogP contribution in [0.3, 0.4) is 0 Å². The van der Waals surface area contributed by atoms with Gasteiger partial charge in [-0.15, -0.1) is 0 Å². The summed E-state index contributed by atoms with van der Waals surface area (Å²) in [6.45, 7) is 4.08. The van der Waals surface area contributed by atoms with E-state index in [9.17, 15) is 9.59 Å². The molecule has 0 saturated carbocycles. The molecule has 200 valence electrons. The smallest absolute Gasteiger partial charge is 0.254 e. The monoisotopic (exact) mass is 511 g/mol. The van der Waals surface area contributed by atoms with Gasteiger partial charge in [-0.25, -0.2) is 0 Å². The van der Waals surface area contributed by atoms with Crippen LogP contribution < -0.4 is 4.90 Å². The molecule has 1 saturated heterocycles. The maximum absolute atomic E-state index is 14.1. The van der Waals surface area contributed by atoms with Crippen LogP contribution in [0.15, 0.2) is 78.9 Å². The molecule has 0 radical (unpaired) electrons. The average Bonchev–Trinajstić information content (AvgIpc) is 3.49. The van der Waals surface area contributed by atoms with Crippen molar-refractivity contribution in [3.05, 3.63) is 101 Å². The standard InChI is InChI=1S/C33H41N3O2/c1-4-5-11-26-14-18-29(19-15-26)32(37)36(25-28-16-20-30(21-17-28)34(2)3)31(24-27-12-7-6-8-13-27)33(38)35-22-9-10-23-35/h6-8,12-21,31H,4-5,9-11,22-25H2,1-3H3. The summed E-state index contributed by atoms with van der Waals surface area (Å²) in [6, 6.07) is 25.7. The number of anilines is 1. The third kappa shape index (κ3) is 7.03. The first-order valence-corrected chi connectivity index (χ1v) is 13.9. The molecule has 1 unspecified atom stereocenters. The number of unbranched alkanes of at least 4 members (excludes halogenated alkanes) is 1. The van der Waals surface area contributed by atoms with E-state index in [2.05, 4.69) is 48.2 Å². The highest BCUT2D eigenvalue weighted by atomic mass is 16.2. The van der Waals surface area contributed by atoms with Gasteiger partial charge in [0.05, 0.1) is 0 Å². The molecule has 1 atom stereocenters. The second kappa shape index (κ2) is 13.3. The lowest BCUT2D eigenvalue weighted by Gasteiger charge is -2.34. The normalized spacial score (nSPS) is 13.8. The minimum absolute atomic E-state index is 0.0455. The molecule has 38 heavy (non-hydrogen) atoms. The number of aryl methyl sites for hydroxylation is 1. The SMILES string of the molecule is CCCCc1ccc(C(=O)N(Cc2ccc(N(C)C)cc2)C(Cc2ccccc2)C(=O)N2CCCC2)cc1. The van der Waals surface area contributed by atoms with Crippen LogP contribution in [0.2, 0.25) is 0 Å². The van der Waals surface area contributed by atoms with Gasteiger partial charge >= 0.3 is 0 Å². The summed E-state index contributed by atoms with van der Waals surface area (Å²) in [7, 11) is 4.03. The third-order valence-electron chi connectivity index (χ3n) is 7.44. The van der Waals surface area contributed by atoms with Gasteiger partial charge in [-0.1, -0.05) is 67.9 Å². The van der Waals surface area contributed by atoms with Crippen molar-refractivity contribution in [3.8, 4) is 0 Å². The first-order valence-electron chi connectivity index (χ1n) is 13.9. The van der Waals surface area contributed by atoms with Crippen LogP contribution in [-0.4, -0.2) is 54.8 Å². The Kier molecular flexibility index (Phi) is 9.58. The molecule has 1 heterocycles. The van der Waals surface area contributed by atoms with Crippen LogP contribution in [0.5, 0.6) is 0 Å². The first kappa shape index (κ1) is 27.4. The minimum atomic E-state index is -0.573. The molecule has 1 aliphatic heterocycles. The van der Waals surface area contributed by atoms with Crippen LogP contribution >= 0.6 is 0 Å². The van der Waals surface area contributed by atoms with E-state index in [4.69, 9.17) is 0 Å². The summed E-state index contributed by atoms with van der Waals surface area (Å²) >= 11 is 0. The lowest BCUT2D eigenvalue weighted by atomic mass is 10.00. The Bertz CT molecular complexity index is 1170. The van der Waals surface area contributed by atoms with Crippen LogP contribution in [-0.2, 0) is 24.2 Å². The highest BCUT2D eigenvalue weighted by Crippen LogP contribution is 2.23. The molecular weight excluding hydrogens is 470 g/mol. The Morgan fingerprint density at radius 3 is 2.05 bits per heavy atom. The summed E-state index contributed by atoms with van der Waals surface area (Å²) in [5, 5.41) is 0. The maximum Gasteiger partial charge on any atom is 0.254 e. The molecule has 5 heteroatoms. The Labute approximate surface area is 228 Å². The molecule has 3 aromatic carbocycles. The number of carbonyl (C=O) groups is 2. The van der Waals surface area contributed by atoms with E-state index in [1.807, 2.05) is 61.5 Å². The first-order chi connectivity index (χ1) is 18.5. The van der Waals surface area contributed by atoms with Gasteiger partial charge in [0.15, 0.2) is 0 Å². The number of amides is 2. The number of rotatable bonds is 11. The van der Waals surface area contributed by atoms with Crippen molar-refractivity contribution in [2.24, 2.45) is 0 Å². The molecule has 0 aromatic heterocycles. The summed E-state index contributed by atoms with van der Waals surface area (Å²) in [6.07, 6.45) is 5.81. The number of hydrogen-bond acceptors (Lipinski definition) is 3. The second-order valence-electron chi connectivity index (χ2n) is 10.5. The molecule has 3 aromatic rings. The van der Waals surface area contributed by atoms with E-state index in [1.54, 1.807) is 4.90 Å². The number of carbonyl (C=O) groups excluding carboxylic acids is 2. The molecule has 0 N–H and O–H groups in total. The predicted octanol–water partition coefficient (Wildman–Crippen LogP) is 5.97. The second-order valence-corrected chi connectivity index (χ2v) is 10.5. The highest BCUT2D eigenvalue weighted by molar-refractivity contribution is 5.97. The van der Waals surface area contributed by atoms with Crippen molar-refractivity contribution < 1.29 is 9.59 Å². The number of benzene rings is 3. The van der Waals surface area contributed by atoms with Crippen molar-refractivity contribution in [1.29, 1.82) is 0 Å². The van der Waals surface area contributed by atoms with Crippen LogP contribution in [0, 0.1) is 0 Å². The van der Waals surface area contributed by atoms with E-state index < -0.39 is 6.04 Å². The lowest BCUT2D eigenvalue weighted by molar-refractivity contribution is -0.135. The predicted molar refractivity (Wildman–Crippen MR) is 155 cm³/mol. The molecule has 5 nitrogen and oxygen atoms in total. The zero-order valence-electron chi connectivity index (χ0n) is 23.1. The van der Waals surface area contributed by atoms with E-state index in [0.29, 0.717) is 18.5 Å². The fourth-order valence-electron chi connectivity index (χ4n) is 5.10. The van der Waals surface area contributed by atoms with Gasteiger partial charge < -0.3 is 14.7 Å². The van der Waals surface area contributed by atoms with Crippen LogP contribution in [0.4, 0.5) is 5.69 Å². The van der Waals surface area contributed by atoms with Gasteiger partial charge in [0.25, 0.3) is 5.91 Å². The summed E-state index contributed by atoms with van der Waals surface area (Å²) in [5.41, 5.74) is 5.03. The van der Waals surface area contributed by atoms with Crippen molar-refractivity contribution in [2.75, 3.05) is 32.1 Å². The zero-order valence-corrected chi connectivity index (χ0v) is 23.1. The van der Waals surface area contributed by atoms with Gasteiger partial charge in [0.2, 0.25) is 5.91 Å². The Morgan fingerprint density at radius 1 is 0.816 bits per heavy atom. The summed E-state index contributed by atoms with van der Waals surface area (Å²) in [4.78, 5) is 33.9. The number of hydrogen-bond donors (Lipinski definition) is 0. The van der Waals surface area contributed by atoms with Crippen molar-refractivity contribution >= 4 is 17.5 Å². The van der Waals surface area contributed by atoms with Gasteiger partial charge in [-0.05, 0) is 66.6 Å². The van der Waals surface area contributed by atoms with Gasteiger partial charge in [-0.2, -0.15) is 0 Å². The van der Waals surface area contributed by atoms with E-state index in [-0.39, 0.29) is 11.8 Å². The van der Waals surface area contributed by atoms with Crippen LogP contribution in [0.1, 0.15) is 59.7 Å². The fourth-order valence-corrected chi connectivity index (χ4v) is 5.10. The molecule has 0 bridgehead atoms. The molecule has 0 aliphatic carbocycles. The van der Waals surface area contributed by atoms with Gasteiger partial charge in [0, 0.05) is 51.4 Å². The molecule has 2 amide bonds. The fraction of sp³-hybridized carbons (Fsp3) is 0.394. The third-order valence-corrected chi connectivity index (χ3v) is 7.44. The van der Waals surface area contributed by atoms with Gasteiger partial charge in [0.1, 0.15) is 6.04 Å². The summed E-state index contributed by atoms with van der Waals surface area (Å²) < 4.78 is 0. The largest absolute Gasteiger partial charge is 0.378 e. The molecule has 4 rings (SSSR count). The van der Waals surface area contributed by atoms with Crippen molar-refractivity contribution in [2.45, 2.75) is 58.0 Å². The van der Waals surface area contributed by atoms with Crippen molar-refractivity contribution in [1.82, 2.24) is 9.80 Å². The Morgan fingerprint density at radius 2 is 1.45 bits per heavy atom. The number of nitrogens with zero attached hydrogens (tertiary/aromatic N) is 3. The highest BCUT2D eigenvalue weighted by Gasteiger charge is 2.34. The summed E-state index contributed by atoms with van der Waals surface area (Å²) in [5.74, 6) is -0.0543. The van der Waals surface area contributed by atoms with Gasteiger partial charge in [-0.3, -0.25) is 9.59 Å². The molecule has 1 aliphatic rings. The molecule has 0 spiro atoms. The average molecular weight is 512 g/mol. The van der Waals surface area contributed by atoms with E-state index in [1.165, 1.54) is 5.56 Å². The lowest BCUT2D eigenvalue weighted by Crippen LogP contribution is -2.51. The quantitative estimate of drug-likeness (QED) is 0.319. The Hall–Kier alpha value is -3.60. The molecule has 1 fully saturated rings. The Balaban J connectivity index is 1.69. The maximum atomic E-state index is 14.1. The molecular formula is C33H41N3O2. The van der Waals surface area contributed by atoms with E-state index in [0.717, 1.165) is 62.0 Å². The minimum Gasteiger partial charge on any atom is -0.378 e.